The molecule has 2 aliphatic heterocycles. The molecule has 2 aromatic rings. The van der Waals surface area contributed by atoms with E-state index in [1.807, 2.05) is 13.0 Å². The van der Waals surface area contributed by atoms with Crippen LogP contribution in [0.5, 0.6) is 5.75 Å². The monoisotopic (exact) mass is 536 g/mol. The number of ether oxygens (including phenoxy) is 1. The lowest BCUT2D eigenvalue weighted by molar-refractivity contribution is -0.384. The third kappa shape index (κ3) is 4.86. The Morgan fingerprint density at radius 2 is 2.00 bits per heavy atom. The van der Waals surface area contributed by atoms with E-state index in [2.05, 4.69) is 0 Å². The van der Waals surface area contributed by atoms with E-state index in [1.54, 1.807) is 6.07 Å². The Kier molecular flexibility index (Phi) is 7.33. The minimum Gasteiger partial charge on any atom is -0.505 e. The summed E-state index contributed by atoms with van der Waals surface area (Å²) in [6, 6.07) is 9.70. The maximum absolute atomic E-state index is 13.8. The molecule has 0 aromatic heterocycles. The van der Waals surface area contributed by atoms with Crippen LogP contribution in [0.4, 0.5) is 15.8 Å². The number of carbonyl (C=O) groups excluding carboxylic acids is 2. The number of amides is 2. The van der Waals surface area contributed by atoms with Gasteiger partial charge in [0.05, 0.1) is 41.8 Å². The number of halogens is 1. The molecule has 1 aliphatic carbocycles. The molecule has 9 nitrogen and oxygen atoms in total. The molecule has 5 rings (SSSR count). The van der Waals surface area contributed by atoms with Crippen molar-refractivity contribution >= 4 is 29.3 Å². The molecule has 0 bridgehead atoms. The first kappa shape index (κ1) is 26.7. The van der Waals surface area contributed by atoms with Crippen LogP contribution in [0, 0.1) is 33.7 Å². The van der Waals surface area contributed by atoms with Crippen molar-refractivity contribution in [1.29, 1.82) is 0 Å². The number of hydrogen-bond acceptors (Lipinski definition) is 7. The number of nitro groups is 1. The first-order valence-corrected chi connectivity index (χ1v) is 13.0. The highest BCUT2D eigenvalue weighted by Crippen LogP contribution is 2.50. The zero-order chi connectivity index (χ0) is 27.8. The van der Waals surface area contributed by atoms with E-state index in [0.717, 1.165) is 22.5 Å². The van der Waals surface area contributed by atoms with Crippen LogP contribution in [-0.2, 0) is 14.3 Å². The van der Waals surface area contributed by atoms with Crippen LogP contribution in [0.2, 0.25) is 0 Å². The number of nitrogens with zero attached hydrogens (tertiary/aromatic N) is 2. The molecule has 204 valence electrons. The summed E-state index contributed by atoms with van der Waals surface area (Å²) >= 11 is 0. The lowest BCUT2D eigenvalue weighted by Crippen LogP contribution is -2.35. The fourth-order valence-electron chi connectivity index (χ4n) is 6.14. The third-order valence-corrected chi connectivity index (χ3v) is 8.02. The number of allylic oxidation sites excluding steroid dienone is 1. The molecule has 2 amide bonds. The second kappa shape index (κ2) is 10.7. The number of phenolic OH excluding ortho intramolecular Hbond substituents is 1. The van der Waals surface area contributed by atoms with Crippen LogP contribution in [-0.4, -0.2) is 46.3 Å². The van der Waals surface area contributed by atoms with Crippen LogP contribution in [0.15, 0.2) is 59.2 Å². The maximum atomic E-state index is 13.8. The molecule has 2 saturated heterocycles. The van der Waals surface area contributed by atoms with Gasteiger partial charge < -0.3 is 14.9 Å². The Balaban J connectivity index is 1.37. The van der Waals surface area contributed by atoms with Gasteiger partial charge in [0.2, 0.25) is 11.8 Å². The van der Waals surface area contributed by atoms with Crippen molar-refractivity contribution in [1.82, 2.24) is 0 Å². The van der Waals surface area contributed by atoms with Gasteiger partial charge in [-0.1, -0.05) is 30.7 Å². The number of imide groups is 1. The predicted octanol–water partition coefficient (Wildman–Crippen LogP) is 4.53. The highest BCUT2D eigenvalue weighted by Gasteiger charge is 2.57. The average Bonchev–Trinajstić information content (AvgIpc) is 3.46. The normalized spacial score (nSPS) is 24.8. The molecule has 0 unspecified atom stereocenters. The van der Waals surface area contributed by atoms with Gasteiger partial charge in [-0.3, -0.25) is 19.7 Å². The number of benzene rings is 2. The number of fused-ring (bicyclic) bond motifs is 3. The lowest BCUT2D eigenvalue weighted by Gasteiger charge is -2.31. The number of aliphatic hydroxyl groups excluding tert-OH is 1. The van der Waals surface area contributed by atoms with Crippen molar-refractivity contribution in [3.8, 4) is 5.75 Å². The van der Waals surface area contributed by atoms with Gasteiger partial charge in [0, 0.05) is 18.1 Å². The fourth-order valence-corrected chi connectivity index (χ4v) is 6.14. The minimum absolute atomic E-state index is 0.166. The molecular weight excluding hydrogens is 507 g/mol. The van der Waals surface area contributed by atoms with Crippen LogP contribution in [0.1, 0.15) is 38.2 Å². The molecule has 2 N–H and O–H groups in total. The van der Waals surface area contributed by atoms with Gasteiger partial charge in [0.1, 0.15) is 0 Å². The van der Waals surface area contributed by atoms with E-state index < -0.39 is 40.1 Å². The highest BCUT2D eigenvalue weighted by atomic mass is 19.1. The average molecular weight is 537 g/mol. The Morgan fingerprint density at radius 3 is 2.69 bits per heavy atom. The van der Waals surface area contributed by atoms with E-state index in [0.29, 0.717) is 24.0 Å². The summed E-state index contributed by atoms with van der Waals surface area (Å²) < 4.78 is 19.9. The van der Waals surface area contributed by atoms with Crippen molar-refractivity contribution in [2.24, 2.45) is 17.8 Å². The molecule has 4 atom stereocenters. The zero-order valence-electron chi connectivity index (χ0n) is 21.4. The maximum Gasteiger partial charge on any atom is 0.271 e. The molecule has 10 heteroatoms. The van der Waals surface area contributed by atoms with Gasteiger partial charge in [-0.05, 0) is 60.6 Å². The molecule has 39 heavy (non-hydrogen) atoms. The Hall–Kier alpha value is -3.89. The molecule has 0 spiro atoms. The molecule has 0 saturated carbocycles. The highest BCUT2D eigenvalue weighted by molar-refractivity contribution is 6.22. The van der Waals surface area contributed by atoms with E-state index in [4.69, 9.17) is 4.74 Å². The van der Waals surface area contributed by atoms with E-state index >= 15 is 0 Å². The van der Waals surface area contributed by atoms with E-state index in [1.165, 1.54) is 36.4 Å². The summed E-state index contributed by atoms with van der Waals surface area (Å²) in [6.07, 6.45) is 3.72. The van der Waals surface area contributed by atoms with Gasteiger partial charge in [-0.2, -0.15) is 0 Å². The van der Waals surface area contributed by atoms with Gasteiger partial charge in [-0.15, -0.1) is 0 Å². The summed E-state index contributed by atoms with van der Waals surface area (Å²) in [5.41, 5.74) is 3.22. The number of non-ortho nitro benzene ring substituents is 1. The summed E-state index contributed by atoms with van der Waals surface area (Å²) in [4.78, 5) is 38.7. The van der Waals surface area contributed by atoms with E-state index in [9.17, 15) is 34.3 Å². The van der Waals surface area contributed by atoms with Crippen molar-refractivity contribution in [3.05, 3.63) is 80.7 Å². The number of rotatable bonds is 8. The number of aliphatic hydroxyl groups is 1. The lowest BCUT2D eigenvalue weighted by atomic mass is 9.69. The summed E-state index contributed by atoms with van der Waals surface area (Å²) in [6.45, 7) is 1.98. The molecule has 2 heterocycles. The number of aromatic hydroxyl groups is 1. The van der Waals surface area contributed by atoms with Crippen LogP contribution < -0.4 is 4.90 Å². The molecule has 3 aliphatic rings. The van der Waals surface area contributed by atoms with Crippen molar-refractivity contribution in [3.63, 3.8) is 0 Å². The number of phenols is 1. The largest absolute Gasteiger partial charge is 0.505 e. The van der Waals surface area contributed by atoms with Crippen LogP contribution in [0.3, 0.4) is 0 Å². The Bertz CT molecular complexity index is 1400. The molecule has 0 radical (unpaired) electrons. The number of hydrogen-bond donors (Lipinski definition) is 2. The topological polar surface area (TPSA) is 130 Å². The fraction of sp³-hybridized carbons (Fsp3) is 0.379. The smallest absolute Gasteiger partial charge is 0.271 e. The summed E-state index contributed by atoms with van der Waals surface area (Å²) in [5.74, 6) is -3.60. The van der Waals surface area contributed by atoms with Crippen LogP contribution in [0.25, 0.3) is 6.08 Å². The van der Waals surface area contributed by atoms with Crippen molar-refractivity contribution in [2.45, 2.75) is 38.7 Å². The Morgan fingerprint density at radius 1 is 1.21 bits per heavy atom. The molecule has 2 aromatic carbocycles. The summed E-state index contributed by atoms with van der Waals surface area (Å²) in [5, 5.41) is 30.9. The van der Waals surface area contributed by atoms with Gasteiger partial charge in [-0.25, -0.2) is 9.29 Å². The number of carbonyl (C=O) groups is 2. The quantitative estimate of drug-likeness (QED) is 0.219. The number of anilines is 1. The molecule has 2 fully saturated rings. The van der Waals surface area contributed by atoms with Gasteiger partial charge >= 0.3 is 0 Å². The molecular formula is C29H29FN2O7. The minimum atomic E-state index is -0.689. The van der Waals surface area contributed by atoms with Gasteiger partial charge in [0.25, 0.3) is 5.69 Å². The third-order valence-electron chi connectivity index (χ3n) is 8.02. The standard InChI is InChI=1S/C29H29FN2O7/c1-2-16(10-17-6-8-24(34)23(30)11-17)7-9-25-26-18(14-33)12-21-27(22(26)15-39-25)29(36)31(28(21)35)19-4-3-5-20(13-19)32(37)38/h3-6,8,10-11,13,21-22,25,27,33-34H,2,7,9,12,14-15H2,1H3/b16-10+/t21-,22+,25-,27-/m1/s1. The first-order valence-electron chi connectivity index (χ1n) is 13.0. The van der Waals surface area contributed by atoms with E-state index in [-0.39, 0.29) is 43.0 Å². The SMILES string of the molecule is CC/C(=C\c1ccc(O)c(F)c1)CC[C@H]1OC[C@H]2C1=C(CO)C[C@H]1C(=O)N(c3cccc([N+](=O)[O-])c3)C(=O)[C@H]12. The zero-order valence-corrected chi connectivity index (χ0v) is 21.4. The van der Waals surface area contributed by atoms with Crippen molar-refractivity contribution in [2.75, 3.05) is 18.1 Å². The second-order valence-electron chi connectivity index (χ2n) is 10.2. The van der Waals surface area contributed by atoms with Crippen molar-refractivity contribution < 1.29 is 33.9 Å². The van der Waals surface area contributed by atoms with Gasteiger partial charge in [0.15, 0.2) is 11.6 Å². The number of nitro benzene ring substituents is 1. The summed E-state index contributed by atoms with van der Waals surface area (Å²) in [7, 11) is 0. The predicted molar refractivity (Wildman–Crippen MR) is 140 cm³/mol. The van der Waals surface area contributed by atoms with Crippen LogP contribution >= 0.6 is 0 Å². The second-order valence-corrected chi connectivity index (χ2v) is 10.2. The Labute approximate surface area is 224 Å². The first-order chi connectivity index (χ1) is 18.7.